The highest BCUT2D eigenvalue weighted by atomic mass is 19.3. The fraction of sp³-hybridized carbons (Fsp3) is 0.292. The van der Waals surface area contributed by atoms with Crippen molar-refractivity contribution in [2.45, 2.75) is 33.2 Å². The van der Waals surface area contributed by atoms with Crippen molar-refractivity contribution in [3.8, 4) is 17.0 Å². The summed E-state index contributed by atoms with van der Waals surface area (Å²) in [6.45, 7) is 4.68. The minimum Gasteiger partial charge on any atom is -0.496 e. The van der Waals surface area contributed by atoms with E-state index in [9.17, 15) is 18.4 Å². The van der Waals surface area contributed by atoms with Gasteiger partial charge in [-0.15, -0.1) is 0 Å². The summed E-state index contributed by atoms with van der Waals surface area (Å²) in [5, 5.41) is 13.6. The molecule has 0 saturated carbocycles. The Labute approximate surface area is 205 Å². The second-order valence-electron chi connectivity index (χ2n) is 7.82. The van der Waals surface area contributed by atoms with Gasteiger partial charge in [0.05, 0.1) is 24.7 Å². The number of ether oxygens (including phenoxy) is 1. The zero-order valence-corrected chi connectivity index (χ0v) is 20.0. The van der Waals surface area contributed by atoms with E-state index in [4.69, 9.17) is 4.74 Å². The number of hydrogen-bond donors (Lipinski definition) is 2. The van der Waals surface area contributed by atoms with Crippen LogP contribution in [0, 0.1) is 0 Å². The topological polar surface area (TPSA) is 115 Å². The number of hydrogen-bond acceptors (Lipinski definition) is 6. The summed E-state index contributed by atoms with van der Waals surface area (Å²) in [5.74, 6) is -0.666. The Hall–Kier alpha value is -4.35. The van der Waals surface area contributed by atoms with Gasteiger partial charge in [0.1, 0.15) is 17.0 Å². The molecule has 0 bridgehead atoms. The van der Waals surface area contributed by atoms with Crippen molar-refractivity contribution >= 4 is 23.1 Å². The SMILES string of the molecule is CCCNC(=O)c1nn(CC)cc1NC(=O)c1cnn2c(C(F)F)cc(-c3ccccc3OC)nc12. The van der Waals surface area contributed by atoms with Crippen LogP contribution in [0.1, 0.15) is 53.2 Å². The first kappa shape index (κ1) is 24.8. The monoisotopic (exact) mass is 497 g/mol. The van der Waals surface area contributed by atoms with E-state index in [-0.39, 0.29) is 28.3 Å². The molecule has 0 unspecified atom stereocenters. The summed E-state index contributed by atoms with van der Waals surface area (Å²) in [5.41, 5.74) is 0.373. The number of nitrogens with one attached hydrogen (secondary N) is 2. The Bertz CT molecular complexity index is 1410. The number of halogens is 2. The zero-order valence-electron chi connectivity index (χ0n) is 20.0. The van der Waals surface area contributed by atoms with Gasteiger partial charge in [0, 0.05) is 24.8 Å². The molecule has 0 atom stereocenters. The van der Waals surface area contributed by atoms with Gasteiger partial charge in [0.25, 0.3) is 18.2 Å². The number of methoxy groups -OCH3 is 1. The molecular weight excluding hydrogens is 472 g/mol. The van der Waals surface area contributed by atoms with Crippen LogP contribution in [-0.4, -0.2) is 49.8 Å². The highest BCUT2D eigenvalue weighted by Crippen LogP contribution is 2.32. The summed E-state index contributed by atoms with van der Waals surface area (Å²) < 4.78 is 35.7. The number of alkyl halides is 2. The number of amides is 2. The van der Waals surface area contributed by atoms with Crippen LogP contribution >= 0.6 is 0 Å². The van der Waals surface area contributed by atoms with Crippen molar-refractivity contribution in [3.05, 3.63) is 59.7 Å². The molecule has 2 amide bonds. The van der Waals surface area contributed by atoms with Gasteiger partial charge in [0.2, 0.25) is 0 Å². The average Bonchev–Trinajstić information content (AvgIpc) is 3.50. The van der Waals surface area contributed by atoms with Crippen LogP contribution < -0.4 is 15.4 Å². The minimum absolute atomic E-state index is 0.0437. The number of rotatable bonds is 9. The highest BCUT2D eigenvalue weighted by Gasteiger charge is 2.24. The Morgan fingerprint density at radius 3 is 2.64 bits per heavy atom. The molecule has 0 fully saturated rings. The number of carbonyl (C=O) groups excluding carboxylic acids is 2. The van der Waals surface area contributed by atoms with Gasteiger partial charge < -0.3 is 15.4 Å². The van der Waals surface area contributed by atoms with E-state index in [0.717, 1.165) is 17.1 Å². The molecular formula is C24H25F2N7O3. The van der Waals surface area contributed by atoms with Gasteiger partial charge in [-0.3, -0.25) is 14.3 Å². The fourth-order valence-corrected chi connectivity index (χ4v) is 3.65. The van der Waals surface area contributed by atoms with E-state index >= 15 is 0 Å². The molecule has 10 nitrogen and oxygen atoms in total. The summed E-state index contributed by atoms with van der Waals surface area (Å²) in [6, 6.07) is 8.06. The number of carbonyl (C=O) groups is 2. The Kier molecular flexibility index (Phi) is 7.23. The summed E-state index contributed by atoms with van der Waals surface area (Å²) in [6.07, 6.45) is 0.549. The normalized spacial score (nSPS) is 11.2. The molecule has 188 valence electrons. The van der Waals surface area contributed by atoms with Crippen molar-refractivity contribution in [2.75, 3.05) is 19.0 Å². The van der Waals surface area contributed by atoms with Crippen molar-refractivity contribution in [3.63, 3.8) is 0 Å². The quantitative estimate of drug-likeness (QED) is 0.362. The number of benzene rings is 1. The van der Waals surface area contributed by atoms with E-state index in [2.05, 4.69) is 25.8 Å². The van der Waals surface area contributed by atoms with Crippen molar-refractivity contribution in [2.24, 2.45) is 0 Å². The molecule has 4 aromatic rings. The van der Waals surface area contributed by atoms with E-state index in [0.29, 0.717) is 24.4 Å². The molecule has 3 aromatic heterocycles. The molecule has 0 aliphatic carbocycles. The van der Waals surface area contributed by atoms with Gasteiger partial charge >= 0.3 is 0 Å². The van der Waals surface area contributed by atoms with Crippen molar-refractivity contribution in [1.29, 1.82) is 0 Å². The maximum atomic E-state index is 13.9. The van der Waals surface area contributed by atoms with Gasteiger partial charge in [-0.05, 0) is 31.5 Å². The van der Waals surface area contributed by atoms with Crippen LogP contribution in [0.4, 0.5) is 14.5 Å². The predicted octanol–water partition coefficient (Wildman–Crippen LogP) is 3.95. The first-order valence-electron chi connectivity index (χ1n) is 11.3. The van der Waals surface area contributed by atoms with E-state index in [1.165, 1.54) is 24.1 Å². The molecule has 12 heteroatoms. The number of fused-ring (bicyclic) bond motifs is 1. The first-order valence-corrected chi connectivity index (χ1v) is 11.3. The number of nitrogens with zero attached hydrogens (tertiary/aromatic N) is 5. The number of anilines is 1. The van der Waals surface area contributed by atoms with Crippen molar-refractivity contribution in [1.82, 2.24) is 29.7 Å². The third-order valence-electron chi connectivity index (χ3n) is 5.44. The number of para-hydroxylation sites is 1. The molecule has 2 N–H and O–H groups in total. The molecule has 0 aliphatic heterocycles. The number of aromatic nitrogens is 5. The maximum absolute atomic E-state index is 13.9. The van der Waals surface area contributed by atoms with Crippen LogP contribution in [0.2, 0.25) is 0 Å². The van der Waals surface area contributed by atoms with E-state index < -0.39 is 23.9 Å². The first-order chi connectivity index (χ1) is 17.4. The minimum atomic E-state index is -2.88. The summed E-state index contributed by atoms with van der Waals surface area (Å²) >= 11 is 0. The zero-order chi connectivity index (χ0) is 25.8. The molecule has 1 aromatic carbocycles. The third-order valence-corrected chi connectivity index (χ3v) is 5.44. The van der Waals surface area contributed by atoms with Gasteiger partial charge in [-0.1, -0.05) is 19.1 Å². The lowest BCUT2D eigenvalue weighted by Crippen LogP contribution is -2.26. The Morgan fingerprint density at radius 2 is 1.94 bits per heavy atom. The average molecular weight is 498 g/mol. The van der Waals surface area contributed by atoms with E-state index in [1.54, 1.807) is 24.3 Å². The van der Waals surface area contributed by atoms with Crippen LogP contribution in [-0.2, 0) is 6.54 Å². The van der Waals surface area contributed by atoms with Crippen LogP contribution in [0.15, 0.2) is 42.7 Å². The molecule has 4 rings (SSSR count). The predicted molar refractivity (Wildman–Crippen MR) is 128 cm³/mol. The largest absolute Gasteiger partial charge is 0.496 e. The standard InChI is InChI=1S/C24H25F2N7O3/c1-4-10-27-24(35)20-17(13-32(5-2)31-20)30-23(34)15-12-28-33-18(21(25)26)11-16(29-22(15)33)14-8-6-7-9-19(14)36-3/h6-9,11-13,21H,4-5,10H2,1-3H3,(H,27,35)(H,30,34). The van der Waals surface area contributed by atoms with Crippen molar-refractivity contribution < 1.29 is 23.1 Å². The second kappa shape index (κ2) is 10.5. The Balaban J connectivity index is 1.77. The van der Waals surface area contributed by atoms with E-state index in [1.807, 2.05) is 13.8 Å². The fourth-order valence-electron chi connectivity index (χ4n) is 3.65. The third kappa shape index (κ3) is 4.74. The summed E-state index contributed by atoms with van der Waals surface area (Å²) in [4.78, 5) is 30.3. The Morgan fingerprint density at radius 1 is 1.17 bits per heavy atom. The lowest BCUT2D eigenvalue weighted by molar-refractivity contribution is 0.0948. The van der Waals surface area contributed by atoms with Gasteiger partial charge in [-0.2, -0.15) is 10.2 Å². The smallest absolute Gasteiger partial charge is 0.280 e. The van der Waals surface area contributed by atoms with Gasteiger partial charge in [0.15, 0.2) is 11.3 Å². The summed E-state index contributed by atoms with van der Waals surface area (Å²) in [7, 11) is 1.47. The molecule has 0 aliphatic rings. The van der Waals surface area contributed by atoms with Crippen LogP contribution in [0.3, 0.4) is 0 Å². The molecule has 3 heterocycles. The lowest BCUT2D eigenvalue weighted by atomic mass is 10.1. The maximum Gasteiger partial charge on any atom is 0.280 e. The molecule has 0 saturated heterocycles. The lowest BCUT2D eigenvalue weighted by Gasteiger charge is -2.11. The molecule has 0 radical (unpaired) electrons. The molecule has 0 spiro atoms. The van der Waals surface area contributed by atoms with Gasteiger partial charge in [-0.25, -0.2) is 18.3 Å². The second-order valence-corrected chi connectivity index (χ2v) is 7.82. The van der Waals surface area contributed by atoms with Crippen LogP contribution in [0.5, 0.6) is 5.75 Å². The number of aryl methyl sites for hydroxylation is 1. The van der Waals surface area contributed by atoms with Crippen LogP contribution in [0.25, 0.3) is 16.9 Å². The highest BCUT2D eigenvalue weighted by molar-refractivity contribution is 6.11. The molecule has 36 heavy (non-hydrogen) atoms.